The molecule has 0 aliphatic heterocycles. The fourth-order valence-electron chi connectivity index (χ4n) is 1.44. The first-order valence-corrected chi connectivity index (χ1v) is 5.93. The van der Waals surface area contributed by atoms with E-state index in [4.69, 9.17) is 4.74 Å². The predicted octanol–water partition coefficient (Wildman–Crippen LogP) is 2.74. The van der Waals surface area contributed by atoms with Crippen molar-refractivity contribution in [2.45, 2.75) is 39.3 Å². The number of nitro groups is 1. The maximum Gasteiger partial charge on any atom is 0.328 e. The third-order valence-corrected chi connectivity index (χ3v) is 2.23. The summed E-state index contributed by atoms with van der Waals surface area (Å²) in [5.41, 5.74) is -0.362. The molecule has 19 heavy (non-hydrogen) atoms. The Balaban J connectivity index is 2.80. The van der Waals surface area contributed by atoms with E-state index in [0.717, 1.165) is 0 Å². The first-order valence-electron chi connectivity index (χ1n) is 5.93. The average molecular weight is 266 g/mol. The van der Waals surface area contributed by atoms with Gasteiger partial charge in [0.25, 0.3) is 5.69 Å². The van der Waals surface area contributed by atoms with Crippen molar-refractivity contribution in [1.29, 1.82) is 0 Å². The SMILES string of the molecule is CC(Nc1ccccc1[N+](=O)[O-])C(=O)OC(C)(C)C. The van der Waals surface area contributed by atoms with Crippen LogP contribution in [0.15, 0.2) is 24.3 Å². The van der Waals surface area contributed by atoms with Gasteiger partial charge in [-0.15, -0.1) is 0 Å². The molecule has 0 saturated carbocycles. The number of anilines is 1. The highest BCUT2D eigenvalue weighted by Gasteiger charge is 2.23. The summed E-state index contributed by atoms with van der Waals surface area (Å²) in [6, 6.07) is 5.50. The minimum absolute atomic E-state index is 0.0714. The molecule has 6 heteroatoms. The number of rotatable bonds is 4. The van der Waals surface area contributed by atoms with Crippen LogP contribution in [0.25, 0.3) is 0 Å². The number of nitrogens with one attached hydrogen (secondary N) is 1. The molecule has 0 fully saturated rings. The lowest BCUT2D eigenvalue weighted by Gasteiger charge is -2.23. The van der Waals surface area contributed by atoms with Crippen LogP contribution in [-0.2, 0) is 9.53 Å². The van der Waals surface area contributed by atoms with Gasteiger partial charge in [0.1, 0.15) is 17.3 Å². The maximum atomic E-state index is 11.8. The third kappa shape index (κ3) is 4.57. The largest absolute Gasteiger partial charge is 0.458 e. The summed E-state index contributed by atoms with van der Waals surface area (Å²) in [5.74, 6) is -0.453. The number of hydrogen-bond donors (Lipinski definition) is 1. The Morgan fingerprint density at radius 2 is 1.95 bits per heavy atom. The molecule has 1 unspecified atom stereocenters. The Labute approximate surface area is 111 Å². The van der Waals surface area contributed by atoms with Gasteiger partial charge in [0, 0.05) is 6.07 Å². The van der Waals surface area contributed by atoms with Crippen LogP contribution in [0.5, 0.6) is 0 Å². The van der Waals surface area contributed by atoms with E-state index in [1.165, 1.54) is 6.07 Å². The van der Waals surface area contributed by atoms with Gasteiger partial charge in [0.2, 0.25) is 0 Å². The molecule has 1 aromatic rings. The number of benzene rings is 1. The fraction of sp³-hybridized carbons (Fsp3) is 0.462. The molecule has 1 rings (SSSR count). The number of nitro benzene ring substituents is 1. The lowest BCUT2D eigenvalue weighted by molar-refractivity contribution is -0.384. The normalized spacial score (nSPS) is 12.6. The average Bonchev–Trinajstić information content (AvgIpc) is 2.27. The van der Waals surface area contributed by atoms with Gasteiger partial charge in [-0.2, -0.15) is 0 Å². The molecule has 104 valence electrons. The zero-order chi connectivity index (χ0) is 14.6. The maximum absolute atomic E-state index is 11.8. The van der Waals surface area contributed by atoms with E-state index in [0.29, 0.717) is 5.69 Å². The summed E-state index contributed by atoms with van der Waals surface area (Å²) in [6.07, 6.45) is 0. The molecular formula is C13H18N2O4. The second-order valence-electron chi connectivity index (χ2n) is 5.17. The van der Waals surface area contributed by atoms with Crippen LogP contribution in [-0.4, -0.2) is 22.5 Å². The molecule has 0 radical (unpaired) electrons. The molecule has 0 aromatic heterocycles. The molecule has 0 amide bonds. The van der Waals surface area contributed by atoms with Crippen LogP contribution in [0.2, 0.25) is 0 Å². The fourth-order valence-corrected chi connectivity index (χ4v) is 1.44. The summed E-state index contributed by atoms with van der Waals surface area (Å²) < 4.78 is 5.20. The molecule has 1 aromatic carbocycles. The van der Waals surface area contributed by atoms with Crippen molar-refractivity contribution in [2.75, 3.05) is 5.32 Å². The van der Waals surface area contributed by atoms with Crippen molar-refractivity contribution >= 4 is 17.3 Å². The van der Waals surface area contributed by atoms with E-state index in [1.807, 2.05) is 0 Å². The molecule has 1 N–H and O–H groups in total. The van der Waals surface area contributed by atoms with Crippen molar-refractivity contribution in [3.8, 4) is 0 Å². The van der Waals surface area contributed by atoms with Crippen molar-refractivity contribution < 1.29 is 14.5 Å². The highest BCUT2D eigenvalue weighted by atomic mass is 16.6. The van der Waals surface area contributed by atoms with Crippen molar-refractivity contribution in [3.63, 3.8) is 0 Å². The molecule has 1 atom stereocenters. The molecular weight excluding hydrogens is 248 g/mol. The summed E-state index contributed by atoms with van der Waals surface area (Å²) in [5, 5.41) is 13.6. The second kappa shape index (κ2) is 5.69. The van der Waals surface area contributed by atoms with Gasteiger partial charge in [-0.25, -0.2) is 4.79 Å². The zero-order valence-corrected chi connectivity index (χ0v) is 11.5. The summed E-state index contributed by atoms with van der Waals surface area (Å²) in [4.78, 5) is 22.1. The van der Waals surface area contributed by atoms with Gasteiger partial charge in [0.15, 0.2) is 0 Å². The highest BCUT2D eigenvalue weighted by molar-refractivity contribution is 5.80. The molecule has 6 nitrogen and oxygen atoms in total. The van der Waals surface area contributed by atoms with Gasteiger partial charge in [-0.05, 0) is 33.8 Å². The Hall–Kier alpha value is -2.11. The minimum Gasteiger partial charge on any atom is -0.458 e. The van der Waals surface area contributed by atoms with Crippen molar-refractivity contribution in [2.24, 2.45) is 0 Å². The van der Waals surface area contributed by atoms with Crippen molar-refractivity contribution in [1.82, 2.24) is 0 Å². The summed E-state index contributed by atoms with van der Waals surface area (Å²) in [7, 11) is 0. The van der Waals surface area contributed by atoms with Crippen LogP contribution < -0.4 is 5.32 Å². The molecule has 0 spiro atoms. The topological polar surface area (TPSA) is 81.5 Å². The van der Waals surface area contributed by atoms with Gasteiger partial charge in [-0.3, -0.25) is 10.1 Å². The van der Waals surface area contributed by atoms with Gasteiger partial charge in [-0.1, -0.05) is 12.1 Å². The Bertz CT molecular complexity index is 480. The second-order valence-corrected chi connectivity index (χ2v) is 5.17. The highest BCUT2D eigenvalue weighted by Crippen LogP contribution is 2.24. The summed E-state index contributed by atoms with van der Waals surface area (Å²) >= 11 is 0. The van der Waals surface area contributed by atoms with E-state index in [9.17, 15) is 14.9 Å². The molecule has 0 aliphatic carbocycles. The summed E-state index contributed by atoms with van der Waals surface area (Å²) in [6.45, 7) is 6.90. The Morgan fingerprint density at radius 1 is 1.37 bits per heavy atom. The van der Waals surface area contributed by atoms with Crippen LogP contribution in [0.3, 0.4) is 0 Å². The number of nitrogens with zero attached hydrogens (tertiary/aromatic N) is 1. The first-order chi connectivity index (χ1) is 8.70. The zero-order valence-electron chi connectivity index (χ0n) is 11.5. The number of ether oxygens (including phenoxy) is 1. The molecule has 0 bridgehead atoms. The van der Waals surface area contributed by atoms with E-state index in [1.54, 1.807) is 45.9 Å². The van der Waals surface area contributed by atoms with Crippen molar-refractivity contribution in [3.05, 3.63) is 34.4 Å². The van der Waals surface area contributed by atoms with Gasteiger partial charge < -0.3 is 10.1 Å². The lowest BCUT2D eigenvalue weighted by Crippen LogP contribution is -2.34. The number of hydrogen-bond acceptors (Lipinski definition) is 5. The van der Waals surface area contributed by atoms with Crippen LogP contribution in [0.1, 0.15) is 27.7 Å². The monoisotopic (exact) mass is 266 g/mol. The number of carbonyl (C=O) groups excluding carboxylic acids is 1. The van der Waals surface area contributed by atoms with E-state index < -0.39 is 22.5 Å². The minimum atomic E-state index is -0.666. The smallest absolute Gasteiger partial charge is 0.328 e. The van der Waals surface area contributed by atoms with E-state index in [-0.39, 0.29) is 5.69 Å². The predicted molar refractivity (Wildman–Crippen MR) is 72.0 cm³/mol. The van der Waals surface area contributed by atoms with Gasteiger partial charge >= 0.3 is 5.97 Å². The van der Waals surface area contributed by atoms with Crippen LogP contribution in [0, 0.1) is 10.1 Å². The molecule has 0 aliphatic rings. The van der Waals surface area contributed by atoms with Crippen LogP contribution in [0.4, 0.5) is 11.4 Å². The lowest BCUT2D eigenvalue weighted by atomic mass is 10.2. The first kappa shape index (κ1) is 14.9. The Kier molecular flexibility index (Phi) is 4.47. The number of esters is 1. The number of carbonyl (C=O) groups is 1. The molecule has 0 saturated heterocycles. The van der Waals surface area contributed by atoms with E-state index in [2.05, 4.69) is 5.32 Å². The van der Waals surface area contributed by atoms with Crippen LogP contribution >= 0.6 is 0 Å². The standard InChI is InChI=1S/C13H18N2O4/c1-9(12(16)19-13(2,3)4)14-10-7-5-6-8-11(10)15(17)18/h5-9,14H,1-4H3. The quantitative estimate of drug-likeness (QED) is 0.515. The number of para-hydroxylation sites is 2. The van der Waals surface area contributed by atoms with Gasteiger partial charge in [0.05, 0.1) is 4.92 Å². The van der Waals surface area contributed by atoms with E-state index >= 15 is 0 Å². The Morgan fingerprint density at radius 3 is 2.47 bits per heavy atom. The molecule has 0 heterocycles. The third-order valence-electron chi connectivity index (χ3n) is 2.23.